The Hall–Kier alpha value is -1.92. The zero-order valence-corrected chi connectivity index (χ0v) is 14.5. The summed E-state index contributed by atoms with van der Waals surface area (Å²) < 4.78 is 0. The van der Waals surface area contributed by atoms with Crippen LogP contribution in [-0.4, -0.2) is 29.1 Å². The third-order valence-corrected chi connectivity index (χ3v) is 4.96. The first-order valence-electron chi connectivity index (χ1n) is 7.77. The van der Waals surface area contributed by atoms with Crippen LogP contribution in [0, 0.1) is 6.92 Å². The Balaban J connectivity index is 2.10. The van der Waals surface area contributed by atoms with Crippen LogP contribution in [0.4, 0.5) is 5.69 Å². The van der Waals surface area contributed by atoms with E-state index in [1.54, 1.807) is 17.4 Å². The first-order chi connectivity index (χ1) is 11.0. The SMILES string of the molecule is CCc1nc(C)c(C(C)Nc2cccc(C(=O)NCCO)c2)s1. The topological polar surface area (TPSA) is 74.2 Å². The molecule has 6 heteroatoms. The predicted octanol–water partition coefficient (Wildman–Crippen LogP) is 2.91. The van der Waals surface area contributed by atoms with E-state index in [4.69, 9.17) is 5.11 Å². The molecule has 1 aromatic heterocycles. The molecule has 0 fully saturated rings. The molecule has 2 aromatic rings. The van der Waals surface area contributed by atoms with E-state index >= 15 is 0 Å². The fourth-order valence-electron chi connectivity index (χ4n) is 2.36. The number of carbonyl (C=O) groups excluding carboxylic acids is 1. The number of benzene rings is 1. The second kappa shape index (κ2) is 8.08. The Morgan fingerprint density at radius 2 is 2.22 bits per heavy atom. The molecule has 124 valence electrons. The molecule has 0 saturated carbocycles. The van der Waals surface area contributed by atoms with E-state index in [-0.39, 0.29) is 25.1 Å². The summed E-state index contributed by atoms with van der Waals surface area (Å²) in [7, 11) is 0. The van der Waals surface area contributed by atoms with E-state index in [0.717, 1.165) is 22.8 Å². The first-order valence-corrected chi connectivity index (χ1v) is 8.58. The molecule has 5 nitrogen and oxygen atoms in total. The van der Waals surface area contributed by atoms with E-state index in [0.29, 0.717) is 5.56 Å². The number of amides is 1. The zero-order valence-electron chi connectivity index (χ0n) is 13.7. The molecule has 1 amide bonds. The van der Waals surface area contributed by atoms with Crippen molar-refractivity contribution in [1.82, 2.24) is 10.3 Å². The van der Waals surface area contributed by atoms with Gasteiger partial charge in [-0.3, -0.25) is 4.79 Å². The lowest BCUT2D eigenvalue weighted by Gasteiger charge is -2.15. The molecule has 1 aromatic carbocycles. The summed E-state index contributed by atoms with van der Waals surface area (Å²) in [5.74, 6) is -0.183. The van der Waals surface area contributed by atoms with Gasteiger partial charge < -0.3 is 15.7 Å². The third kappa shape index (κ3) is 4.53. The van der Waals surface area contributed by atoms with E-state index in [9.17, 15) is 4.79 Å². The van der Waals surface area contributed by atoms with Crippen LogP contribution >= 0.6 is 11.3 Å². The Kier molecular flexibility index (Phi) is 6.12. The molecule has 0 radical (unpaired) electrons. The lowest BCUT2D eigenvalue weighted by atomic mass is 10.1. The van der Waals surface area contributed by atoms with Gasteiger partial charge in [-0.2, -0.15) is 0 Å². The summed E-state index contributed by atoms with van der Waals surface area (Å²) in [5.41, 5.74) is 2.52. The number of hydrogen-bond donors (Lipinski definition) is 3. The average molecular weight is 333 g/mol. The lowest BCUT2D eigenvalue weighted by molar-refractivity contribution is 0.0945. The van der Waals surface area contributed by atoms with E-state index in [1.165, 1.54) is 4.88 Å². The standard InChI is InChI=1S/C17H23N3O2S/c1-4-15-20-12(3)16(23-15)11(2)19-14-7-5-6-13(10-14)17(22)18-8-9-21/h5-7,10-11,19,21H,4,8-9H2,1-3H3,(H,18,22). The van der Waals surface area contributed by atoms with Crippen LogP contribution in [0.2, 0.25) is 0 Å². The number of rotatable bonds is 7. The molecule has 0 aliphatic heterocycles. The molecule has 23 heavy (non-hydrogen) atoms. The van der Waals surface area contributed by atoms with Crippen molar-refractivity contribution in [1.29, 1.82) is 0 Å². The van der Waals surface area contributed by atoms with Gasteiger partial charge in [-0.15, -0.1) is 11.3 Å². The van der Waals surface area contributed by atoms with Crippen molar-refractivity contribution >= 4 is 22.9 Å². The Labute approximate surface area is 140 Å². The van der Waals surface area contributed by atoms with Crippen molar-refractivity contribution in [3.05, 3.63) is 45.4 Å². The van der Waals surface area contributed by atoms with E-state index < -0.39 is 0 Å². The highest BCUT2D eigenvalue weighted by molar-refractivity contribution is 7.11. The molecule has 3 N–H and O–H groups in total. The van der Waals surface area contributed by atoms with Crippen LogP contribution in [0.5, 0.6) is 0 Å². The summed E-state index contributed by atoms with van der Waals surface area (Å²) in [4.78, 5) is 17.7. The van der Waals surface area contributed by atoms with Crippen molar-refractivity contribution in [3.8, 4) is 0 Å². The number of aromatic nitrogens is 1. The number of thiazole rings is 1. The Bertz CT molecular complexity index is 670. The normalized spacial score (nSPS) is 12.0. The van der Waals surface area contributed by atoms with E-state index in [1.807, 2.05) is 25.1 Å². The van der Waals surface area contributed by atoms with Gasteiger partial charge in [0.05, 0.1) is 23.4 Å². The largest absolute Gasteiger partial charge is 0.395 e. The van der Waals surface area contributed by atoms with Crippen LogP contribution in [0.1, 0.15) is 45.8 Å². The Morgan fingerprint density at radius 1 is 1.43 bits per heavy atom. The number of aliphatic hydroxyl groups excluding tert-OH is 1. The van der Waals surface area contributed by atoms with Gasteiger partial charge in [0.15, 0.2) is 0 Å². The minimum Gasteiger partial charge on any atom is -0.395 e. The lowest BCUT2D eigenvalue weighted by Crippen LogP contribution is -2.26. The van der Waals surface area contributed by atoms with Gasteiger partial charge >= 0.3 is 0 Å². The molecular weight excluding hydrogens is 310 g/mol. The van der Waals surface area contributed by atoms with Crippen molar-refractivity contribution in [2.75, 3.05) is 18.5 Å². The van der Waals surface area contributed by atoms with Crippen molar-refractivity contribution < 1.29 is 9.90 Å². The summed E-state index contributed by atoms with van der Waals surface area (Å²) in [6.45, 7) is 6.42. The van der Waals surface area contributed by atoms with Crippen molar-refractivity contribution in [3.63, 3.8) is 0 Å². The number of anilines is 1. The fourth-order valence-corrected chi connectivity index (χ4v) is 3.37. The van der Waals surface area contributed by atoms with Crippen molar-refractivity contribution in [2.45, 2.75) is 33.2 Å². The maximum Gasteiger partial charge on any atom is 0.251 e. The predicted molar refractivity (Wildman–Crippen MR) is 94.1 cm³/mol. The maximum atomic E-state index is 11.9. The van der Waals surface area contributed by atoms with Crippen LogP contribution < -0.4 is 10.6 Å². The number of carbonyl (C=O) groups is 1. The average Bonchev–Trinajstić information content (AvgIpc) is 2.94. The highest BCUT2D eigenvalue weighted by Gasteiger charge is 2.14. The zero-order chi connectivity index (χ0) is 16.8. The molecule has 0 saturated heterocycles. The van der Waals surface area contributed by atoms with Gasteiger partial charge in [-0.1, -0.05) is 13.0 Å². The number of hydrogen-bond acceptors (Lipinski definition) is 5. The molecule has 1 atom stereocenters. The van der Waals surface area contributed by atoms with Gasteiger partial charge in [0.25, 0.3) is 5.91 Å². The number of aryl methyl sites for hydroxylation is 2. The van der Waals surface area contributed by atoms with Gasteiger partial charge in [0.2, 0.25) is 0 Å². The molecular formula is C17H23N3O2S. The second-order valence-electron chi connectivity index (χ2n) is 5.34. The molecule has 0 bridgehead atoms. The molecule has 1 heterocycles. The molecule has 0 aliphatic carbocycles. The fraction of sp³-hybridized carbons (Fsp3) is 0.412. The highest BCUT2D eigenvalue weighted by Crippen LogP contribution is 2.28. The highest BCUT2D eigenvalue weighted by atomic mass is 32.1. The summed E-state index contributed by atoms with van der Waals surface area (Å²) in [6, 6.07) is 7.50. The van der Waals surface area contributed by atoms with E-state index in [2.05, 4.69) is 29.5 Å². The van der Waals surface area contributed by atoms with Crippen LogP contribution in [0.25, 0.3) is 0 Å². The summed E-state index contributed by atoms with van der Waals surface area (Å²) in [5, 5.41) is 16.0. The van der Waals surface area contributed by atoms with Crippen LogP contribution in [-0.2, 0) is 6.42 Å². The molecule has 0 aliphatic rings. The van der Waals surface area contributed by atoms with Gasteiger partial charge in [-0.05, 0) is 38.5 Å². The van der Waals surface area contributed by atoms with Gasteiger partial charge in [0, 0.05) is 22.7 Å². The minimum atomic E-state index is -0.183. The number of aliphatic hydroxyl groups is 1. The monoisotopic (exact) mass is 333 g/mol. The van der Waals surface area contributed by atoms with Gasteiger partial charge in [-0.25, -0.2) is 4.98 Å². The summed E-state index contributed by atoms with van der Waals surface area (Å²) >= 11 is 1.73. The quantitative estimate of drug-likeness (QED) is 0.728. The van der Waals surface area contributed by atoms with Crippen LogP contribution in [0.15, 0.2) is 24.3 Å². The van der Waals surface area contributed by atoms with Crippen LogP contribution in [0.3, 0.4) is 0 Å². The molecule has 1 unspecified atom stereocenters. The minimum absolute atomic E-state index is 0.0644. The Morgan fingerprint density at radius 3 is 2.87 bits per heavy atom. The number of nitrogens with one attached hydrogen (secondary N) is 2. The first kappa shape index (κ1) is 17.4. The number of nitrogens with zero attached hydrogens (tertiary/aromatic N) is 1. The molecule has 0 spiro atoms. The third-order valence-electron chi connectivity index (χ3n) is 3.48. The second-order valence-corrected chi connectivity index (χ2v) is 6.45. The smallest absolute Gasteiger partial charge is 0.251 e. The van der Waals surface area contributed by atoms with Gasteiger partial charge in [0.1, 0.15) is 0 Å². The maximum absolute atomic E-state index is 11.9. The summed E-state index contributed by atoms with van der Waals surface area (Å²) in [6.07, 6.45) is 0.943. The van der Waals surface area contributed by atoms with Crippen molar-refractivity contribution in [2.24, 2.45) is 0 Å². The molecule has 2 rings (SSSR count).